The van der Waals surface area contributed by atoms with Crippen molar-refractivity contribution >= 4 is 16.0 Å². The second kappa shape index (κ2) is 4.74. The van der Waals surface area contributed by atoms with Gasteiger partial charge in [0.05, 0.1) is 0 Å². The van der Waals surface area contributed by atoms with Gasteiger partial charge >= 0.3 is 5.97 Å². The highest BCUT2D eigenvalue weighted by molar-refractivity contribution is 7.89. The van der Waals surface area contributed by atoms with Crippen LogP contribution in [-0.4, -0.2) is 41.5 Å². The zero-order valence-electron chi connectivity index (χ0n) is 10.2. The molecule has 100 valence electrons. The maximum absolute atomic E-state index is 12.3. The summed E-state index contributed by atoms with van der Waals surface area (Å²) in [7, 11) is -3.53. The number of aromatic nitrogens is 1. The number of nitrogens with zero attached hydrogens (tertiary/aromatic N) is 2. The molecule has 0 unspecified atom stereocenters. The minimum absolute atomic E-state index is 0.00951. The highest BCUT2D eigenvalue weighted by Crippen LogP contribution is 2.22. The van der Waals surface area contributed by atoms with Crippen LogP contribution in [0.4, 0.5) is 0 Å². The highest BCUT2D eigenvalue weighted by Gasteiger charge is 2.29. The average Bonchev–Trinajstić information content (AvgIpc) is 2.98. The van der Waals surface area contributed by atoms with Crippen molar-refractivity contribution in [1.82, 2.24) is 8.87 Å². The quantitative estimate of drug-likeness (QED) is 0.886. The fourth-order valence-corrected chi connectivity index (χ4v) is 3.70. The molecule has 0 saturated carbocycles. The summed E-state index contributed by atoms with van der Waals surface area (Å²) in [4.78, 5) is 11.1. The van der Waals surface area contributed by atoms with E-state index in [1.54, 1.807) is 6.92 Å². The monoisotopic (exact) mass is 272 g/mol. The molecule has 1 aliphatic heterocycles. The maximum atomic E-state index is 12.3. The van der Waals surface area contributed by atoms with Crippen LogP contribution in [0.25, 0.3) is 0 Å². The van der Waals surface area contributed by atoms with Crippen LogP contribution < -0.4 is 0 Å². The molecule has 1 aromatic rings. The molecule has 0 radical (unpaired) electrons. The predicted molar refractivity (Wildman–Crippen MR) is 65.1 cm³/mol. The number of aryl methyl sites for hydroxylation is 1. The first-order chi connectivity index (χ1) is 8.46. The number of rotatable bonds is 4. The molecule has 0 bridgehead atoms. The minimum atomic E-state index is -3.53. The lowest BCUT2D eigenvalue weighted by Crippen LogP contribution is -2.27. The van der Waals surface area contributed by atoms with Gasteiger partial charge in [-0.3, -0.25) is 0 Å². The summed E-state index contributed by atoms with van der Waals surface area (Å²) < 4.78 is 27.4. The molecule has 0 atom stereocenters. The van der Waals surface area contributed by atoms with Gasteiger partial charge < -0.3 is 9.67 Å². The Morgan fingerprint density at radius 1 is 1.39 bits per heavy atom. The van der Waals surface area contributed by atoms with Gasteiger partial charge in [0, 0.05) is 25.8 Å². The van der Waals surface area contributed by atoms with Crippen LogP contribution in [0.2, 0.25) is 0 Å². The molecule has 0 aliphatic carbocycles. The van der Waals surface area contributed by atoms with E-state index in [9.17, 15) is 13.2 Å². The minimum Gasteiger partial charge on any atom is -0.477 e. The van der Waals surface area contributed by atoms with Gasteiger partial charge in [0.15, 0.2) is 0 Å². The van der Waals surface area contributed by atoms with Gasteiger partial charge in [0.2, 0.25) is 10.0 Å². The lowest BCUT2D eigenvalue weighted by atomic mass is 10.4. The van der Waals surface area contributed by atoms with E-state index in [2.05, 4.69) is 0 Å². The van der Waals surface area contributed by atoms with Crippen LogP contribution in [0.1, 0.15) is 30.3 Å². The van der Waals surface area contributed by atoms with Gasteiger partial charge in [-0.05, 0) is 25.8 Å². The summed E-state index contributed by atoms with van der Waals surface area (Å²) in [5, 5.41) is 9.01. The molecule has 2 rings (SSSR count). The van der Waals surface area contributed by atoms with Crippen LogP contribution in [-0.2, 0) is 16.6 Å². The smallest absolute Gasteiger partial charge is 0.352 e. The average molecular weight is 272 g/mol. The number of carbonyl (C=O) groups is 1. The van der Waals surface area contributed by atoms with Crippen molar-refractivity contribution in [2.45, 2.75) is 31.2 Å². The van der Waals surface area contributed by atoms with Gasteiger partial charge in [0.25, 0.3) is 0 Å². The third-order valence-electron chi connectivity index (χ3n) is 3.13. The summed E-state index contributed by atoms with van der Waals surface area (Å²) in [5.41, 5.74) is 0.00951. The molecule has 7 heteroatoms. The molecular weight excluding hydrogens is 256 g/mol. The summed E-state index contributed by atoms with van der Waals surface area (Å²) in [6, 6.07) is 1.24. The lowest BCUT2D eigenvalue weighted by Gasteiger charge is -2.13. The van der Waals surface area contributed by atoms with E-state index >= 15 is 0 Å². The Labute approximate surface area is 106 Å². The Morgan fingerprint density at radius 3 is 2.44 bits per heavy atom. The number of sulfonamides is 1. The fraction of sp³-hybridized carbons (Fsp3) is 0.545. The summed E-state index contributed by atoms with van der Waals surface area (Å²) in [6.45, 7) is 3.24. The third kappa shape index (κ3) is 2.15. The van der Waals surface area contributed by atoms with E-state index < -0.39 is 16.0 Å². The molecule has 1 aliphatic rings. The zero-order valence-corrected chi connectivity index (χ0v) is 11.0. The zero-order chi connectivity index (χ0) is 13.3. The van der Waals surface area contributed by atoms with Crippen LogP contribution in [0.5, 0.6) is 0 Å². The van der Waals surface area contributed by atoms with Crippen molar-refractivity contribution in [3.63, 3.8) is 0 Å². The van der Waals surface area contributed by atoms with E-state index in [0.29, 0.717) is 19.6 Å². The molecule has 0 aromatic carbocycles. The summed E-state index contributed by atoms with van der Waals surface area (Å²) in [5.74, 6) is -1.11. The molecule has 6 nitrogen and oxygen atoms in total. The number of hydrogen-bond acceptors (Lipinski definition) is 3. The first-order valence-electron chi connectivity index (χ1n) is 5.90. The Balaban J connectivity index is 2.42. The Morgan fingerprint density at radius 2 is 2.00 bits per heavy atom. The molecule has 1 aromatic heterocycles. The van der Waals surface area contributed by atoms with E-state index in [4.69, 9.17) is 5.11 Å². The molecule has 1 saturated heterocycles. The van der Waals surface area contributed by atoms with Gasteiger partial charge in [-0.1, -0.05) is 0 Å². The van der Waals surface area contributed by atoms with Crippen molar-refractivity contribution in [2.75, 3.05) is 13.1 Å². The van der Waals surface area contributed by atoms with Crippen molar-refractivity contribution in [3.05, 3.63) is 18.0 Å². The molecule has 0 spiro atoms. The maximum Gasteiger partial charge on any atom is 0.352 e. The van der Waals surface area contributed by atoms with E-state index in [1.807, 2.05) is 0 Å². The highest BCUT2D eigenvalue weighted by atomic mass is 32.2. The second-order valence-electron chi connectivity index (χ2n) is 4.26. The fourth-order valence-electron chi connectivity index (χ4n) is 2.14. The molecule has 0 amide bonds. The summed E-state index contributed by atoms with van der Waals surface area (Å²) >= 11 is 0. The molecule has 18 heavy (non-hydrogen) atoms. The Hall–Kier alpha value is -1.34. The third-order valence-corrected chi connectivity index (χ3v) is 5.00. The van der Waals surface area contributed by atoms with Crippen LogP contribution in [0.3, 0.4) is 0 Å². The summed E-state index contributed by atoms with van der Waals surface area (Å²) in [6.07, 6.45) is 3.12. The standard InChI is InChI=1S/C11H16N2O4S/c1-2-12-8-9(7-10(12)11(14)15)18(16,17)13-5-3-4-6-13/h7-8H,2-6H2,1H3,(H,14,15). The van der Waals surface area contributed by atoms with Gasteiger partial charge in [-0.15, -0.1) is 0 Å². The first kappa shape index (κ1) is 13.1. The second-order valence-corrected chi connectivity index (χ2v) is 6.20. The van der Waals surface area contributed by atoms with Crippen LogP contribution in [0.15, 0.2) is 17.2 Å². The van der Waals surface area contributed by atoms with E-state index in [1.165, 1.54) is 21.1 Å². The van der Waals surface area contributed by atoms with Crippen LogP contribution >= 0.6 is 0 Å². The SMILES string of the molecule is CCn1cc(S(=O)(=O)N2CCCC2)cc1C(=O)O. The predicted octanol–water partition coefficient (Wildman–Crippen LogP) is 0.991. The normalized spacial score (nSPS) is 17.2. The van der Waals surface area contributed by atoms with Gasteiger partial charge in [-0.2, -0.15) is 4.31 Å². The van der Waals surface area contributed by atoms with Crippen molar-refractivity contribution in [2.24, 2.45) is 0 Å². The molecule has 1 fully saturated rings. The molecule has 2 heterocycles. The van der Waals surface area contributed by atoms with Crippen LogP contribution in [0, 0.1) is 0 Å². The Kier molecular flexibility index (Phi) is 3.45. The number of carboxylic acids is 1. The number of aromatic carboxylic acids is 1. The van der Waals surface area contributed by atoms with Gasteiger partial charge in [0.1, 0.15) is 10.6 Å². The first-order valence-corrected chi connectivity index (χ1v) is 7.34. The largest absolute Gasteiger partial charge is 0.477 e. The molecule has 1 N–H and O–H groups in total. The van der Waals surface area contributed by atoms with Crippen molar-refractivity contribution in [1.29, 1.82) is 0 Å². The van der Waals surface area contributed by atoms with Crippen molar-refractivity contribution in [3.8, 4) is 0 Å². The number of hydrogen-bond donors (Lipinski definition) is 1. The molecular formula is C11H16N2O4S. The lowest BCUT2D eigenvalue weighted by molar-refractivity contribution is 0.0685. The van der Waals surface area contributed by atoms with E-state index in [-0.39, 0.29) is 10.6 Å². The topological polar surface area (TPSA) is 79.6 Å². The van der Waals surface area contributed by atoms with Crippen molar-refractivity contribution < 1.29 is 18.3 Å². The number of carboxylic acid groups (broad SMARTS) is 1. The Bertz CT molecular complexity index is 556. The van der Waals surface area contributed by atoms with E-state index in [0.717, 1.165) is 12.8 Å². The van der Waals surface area contributed by atoms with Gasteiger partial charge in [-0.25, -0.2) is 13.2 Å².